The van der Waals surface area contributed by atoms with Crippen molar-refractivity contribution >= 4 is 17.7 Å². The van der Waals surface area contributed by atoms with Crippen molar-refractivity contribution in [3.8, 4) is 0 Å². The first-order chi connectivity index (χ1) is 8.47. The van der Waals surface area contributed by atoms with Crippen LogP contribution in [-0.4, -0.2) is 36.1 Å². The number of nitrogens with one attached hydrogen (secondary N) is 2. The Morgan fingerprint density at radius 3 is 2.56 bits per heavy atom. The number of aromatic nitrogens is 2. The number of carbonyl (C=O) groups is 1. The predicted octanol–water partition coefficient (Wildman–Crippen LogP) is 1.44. The van der Waals surface area contributed by atoms with Gasteiger partial charge in [-0.1, -0.05) is 13.8 Å². The highest BCUT2D eigenvalue weighted by atomic mass is 16.5. The number of anilines is 2. The molecule has 0 aliphatic carbocycles. The molecule has 6 nitrogen and oxygen atoms in total. The summed E-state index contributed by atoms with van der Waals surface area (Å²) in [6, 6.07) is 1.37. The van der Waals surface area contributed by atoms with Gasteiger partial charge in [-0.15, -0.1) is 0 Å². The predicted molar refractivity (Wildman–Crippen MR) is 70.6 cm³/mol. The van der Waals surface area contributed by atoms with Crippen LogP contribution in [0, 0.1) is 12.8 Å². The largest absolute Gasteiger partial charge is 0.467 e. The van der Waals surface area contributed by atoms with Gasteiger partial charge >= 0.3 is 5.97 Å². The van der Waals surface area contributed by atoms with Crippen molar-refractivity contribution in [2.45, 2.75) is 26.8 Å². The number of nitrogens with zero attached hydrogens (tertiary/aromatic N) is 2. The van der Waals surface area contributed by atoms with E-state index in [1.54, 1.807) is 13.1 Å². The third-order valence-corrected chi connectivity index (χ3v) is 2.50. The number of ether oxygens (including phenoxy) is 1. The van der Waals surface area contributed by atoms with Crippen molar-refractivity contribution in [2.75, 3.05) is 24.8 Å². The molecule has 18 heavy (non-hydrogen) atoms. The van der Waals surface area contributed by atoms with Gasteiger partial charge < -0.3 is 15.4 Å². The van der Waals surface area contributed by atoms with Gasteiger partial charge in [-0.25, -0.2) is 9.78 Å². The van der Waals surface area contributed by atoms with Crippen molar-refractivity contribution < 1.29 is 9.53 Å². The van der Waals surface area contributed by atoms with Crippen LogP contribution in [0.2, 0.25) is 0 Å². The molecule has 1 aromatic rings. The fourth-order valence-electron chi connectivity index (χ4n) is 1.54. The number of aryl methyl sites for hydroxylation is 1. The Morgan fingerprint density at radius 2 is 2.06 bits per heavy atom. The Morgan fingerprint density at radius 1 is 1.39 bits per heavy atom. The van der Waals surface area contributed by atoms with E-state index in [2.05, 4.69) is 20.6 Å². The summed E-state index contributed by atoms with van der Waals surface area (Å²) >= 11 is 0. The number of rotatable bonds is 5. The topological polar surface area (TPSA) is 76.1 Å². The highest BCUT2D eigenvalue weighted by molar-refractivity contribution is 5.79. The molecule has 1 heterocycles. The number of esters is 1. The average molecular weight is 252 g/mol. The van der Waals surface area contributed by atoms with Crippen LogP contribution in [-0.2, 0) is 9.53 Å². The molecule has 0 amide bonds. The number of hydrogen-bond acceptors (Lipinski definition) is 6. The van der Waals surface area contributed by atoms with E-state index >= 15 is 0 Å². The Labute approximate surface area is 107 Å². The highest BCUT2D eigenvalue weighted by Gasteiger charge is 2.23. The SMILES string of the molecule is CNc1nc(C)cc(NC(C(=O)OC)C(C)C)n1. The van der Waals surface area contributed by atoms with Crippen LogP contribution in [0.1, 0.15) is 19.5 Å². The quantitative estimate of drug-likeness (QED) is 0.772. The van der Waals surface area contributed by atoms with Gasteiger partial charge in [0.2, 0.25) is 5.95 Å². The number of carbonyl (C=O) groups excluding carboxylic acids is 1. The van der Waals surface area contributed by atoms with Crippen LogP contribution in [0.4, 0.5) is 11.8 Å². The van der Waals surface area contributed by atoms with E-state index in [1.807, 2.05) is 20.8 Å². The molecule has 0 aliphatic rings. The van der Waals surface area contributed by atoms with E-state index in [1.165, 1.54) is 7.11 Å². The Kier molecular flexibility index (Phi) is 4.88. The zero-order valence-electron chi connectivity index (χ0n) is 11.4. The molecule has 0 aliphatic heterocycles. The van der Waals surface area contributed by atoms with Crippen molar-refractivity contribution in [2.24, 2.45) is 5.92 Å². The molecular weight excluding hydrogens is 232 g/mol. The van der Waals surface area contributed by atoms with Gasteiger partial charge in [-0.05, 0) is 12.8 Å². The van der Waals surface area contributed by atoms with E-state index in [4.69, 9.17) is 4.74 Å². The molecule has 2 N–H and O–H groups in total. The molecule has 1 atom stereocenters. The van der Waals surface area contributed by atoms with E-state index in [0.717, 1.165) is 5.69 Å². The molecule has 0 saturated heterocycles. The molecule has 0 spiro atoms. The molecule has 0 fully saturated rings. The van der Waals surface area contributed by atoms with Crippen LogP contribution in [0.15, 0.2) is 6.07 Å². The highest BCUT2D eigenvalue weighted by Crippen LogP contribution is 2.14. The van der Waals surface area contributed by atoms with E-state index in [-0.39, 0.29) is 11.9 Å². The van der Waals surface area contributed by atoms with Gasteiger partial charge in [0.15, 0.2) is 0 Å². The minimum Gasteiger partial charge on any atom is -0.467 e. The van der Waals surface area contributed by atoms with Crippen molar-refractivity contribution in [3.63, 3.8) is 0 Å². The zero-order chi connectivity index (χ0) is 13.7. The molecule has 6 heteroatoms. The monoisotopic (exact) mass is 252 g/mol. The maximum atomic E-state index is 11.7. The molecule has 1 aromatic heterocycles. The fourth-order valence-corrected chi connectivity index (χ4v) is 1.54. The molecule has 1 unspecified atom stereocenters. The van der Waals surface area contributed by atoms with Crippen LogP contribution in [0.25, 0.3) is 0 Å². The van der Waals surface area contributed by atoms with Gasteiger partial charge in [0, 0.05) is 18.8 Å². The lowest BCUT2D eigenvalue weighted by atomic mass is 10.0. The lowest BCUT2D eigenvalue weighted by Crippen LogP contribution is -2.35. The Bertz CT molecular complexity index is 421. The molecule has 0 saturated carbocycles. The number of hydrogen-bond donors (Lipinski definition) is 2. The molecule has 0 bridgehead atoms. The van der Waals surface area contributed by atoms with Crippen molar-refractivity contribution in [1.29, 1.82) is 0 Å². The first-order valence-corrected chi connectivity index (χ1v) is 5.85. The normalized spacial score (nSPS) is 12.1. The summed E-state index contributed by atoms with van der Waals surface area (Å²) in [5.41, 5.74) is 0.823. The average Bonchev–Trinajstić information content (AvgIpc) is 2.34. The van der Waals surface area contributed by atoms with Crippen molar-refractivity contribution in [3.05, 3.63) is 11.8 Å². The van der Waals surface area contributed by atoms with Gasteiger partial charge in [0.1, 0.15) is 11.9 Å². The fraction of sp³-hybridized carbons (Fsp3) is 0.583. The lowest BCUT2D eigenvalue weighted by molar-refractivity contribution is -0.142. The molecule has 0 aromatic carbocycles. The lowest BCUT2D eigenvalue weighted by Gasteiger charge is -2.20. The minimum atomic E-state index is -0.422. The maximum Gasteiger partial charge on any atom is 0.328 e. The van der Waals surface area contributed by atoms with Crippen molar-refractivity contribution in [1.82, 2.24) is 9.97 Å². The molecule has 1 rings (SSSR count). The second kappa shape index (κ2) is 6.18. The molecule has 100 valence electrons. The molecule has 0 radical (unpaired) electrons. The van der Waals surface area contributed by atoms with Gasteiger partial charge in [0.25, 0.3) is 0 Å². The summed E-state index contributed by atoms with van der Waals surface area (Å²) in [6.45, 7) is 5.76. The second-order valence-corrected chi connectivity index (χ2v) is 4.36. The third kappa shape index (κ3) is 3.58. The van der Waals surface area contributed by atoms with E-state index < -0.39 is 6.04 Å². The minimum absolute atomic E-state index is 0.103. The van der Waals surface area contributed by atoms with Crippen LogP contribution in [0.3, 0.4) is 0 Å². The summed E-state index contributed by atoms with van der Waals surface area (Å²) in [7, 11) is 3.13. The van der Waals surface area contributed by atoms with Gasteiger partial charge in [-0.2, -0.15) is 4.98 Å². The van der Waals surface area contributed by atoms with Gasteiger partial charge in [0.05, 0.1) is 7.11 Å². The maximum absolute atomic E-state index is 11.7. The molecular formula is C12H20N4O2. The van der Waals surface area contributed by atoms with Crippen LogP contribution < -0.4 is 10.6 Å². The third-order valence-electron chi connectivity index (χ3n) is 2.50. The number of methoxy groups -OCH3 is 1. The first-order valence-electron chi connectivity index (χ1n) is 5.85. The Balaban J connectivity index is 2.93. The van der Waals surface area contributed by atoms with E-state index in [0.29, 0.717) is 11.8 Å². The summed E-state index contributed by atoms with van der Waals surface area (Å²) in [5.74, 6) is 0.929. The Hall–Kier alpha value is -1.85. The zero-order valence-corrected chi connectivity index (χ0v) is 11.4. The van der Waals surface area contributed by atoms with Crippen LogP contribution >= 0.6 is 0 Å². The smallest absolute Gasteiger partial charge is 0.328 e. The first kappa shape index (κ1) is 14.2. The van der Waals surface area contributed by atoms with Gasteiger partial charge in [-0.3, -0.25) is 0 Å². The van der Waals surface area contributed by atoms with E-state index in [9.17, 15) is 4.79 Å². The standard InChI is InChI=1S/C12H20N4O2/c1-7(2)10(11(17)18-5)15-9-6-8(3)14-12(13-4)16-9/h6-7,10H,1-5H3,(H2,13,14,15,16). The summed E-state index contributed by atoms with van der Waals surface area (Å²) < 4.78 is 4.77. The van der Waals surface area contributed by atoms with Crippen LogP contribution in [0.5, 0.6) is 0 Å². The second-order valence-electron chi connectivity index (χ2n) is 4.36. The summed E-state index contributed by atoms with van der Waals surface area (Å²) in [6.07, 6.45) is 0. The summed E-state index contributed by atoms with van der Waals surface area (Å²) in [5, 5.41) is 5.95. The summed E-state index contributed by atoms with van der Waals surface area (Å²) in [4.78, 5) is 20.1.